The molecule has 0 amide bonds. The lowest BCUT2D eigenvalue weighted by molar-refractivity contribution is 0.0600. The summed E-state index contributed by atoms with van der Waals surface area (Å²) in [6.07, 6.45) is 5.05. The summed E-state index contributed by atoms with van der Waals surface area (Å²) in [4.78, 5) is 11.5. The molecule has 0 saturated heterocycles. The van der Waals surface area contributed by atoms with Gasteiger partial charge in [0, 0.05) is 17.1 Å². The van der Waals surface area contributed by atoms with Gasteiger partial charge >= 0.3 is 5.97 Å². The van der Waals surface area contributed by atoms with Crippen LogP contribution in [0.2, 0.25) is 0 Å². The predicted octanol–water partition coefficient (Wildman–Crippen LogP) is 4.29. The Labute approximate surface area is 135 Å². The maximum Gasteiger partial charge on any atom is 0.337 e. The number of benzene rings is 1. The molecule has 1 fully saturated rings. The highest BCUT2D eigenvalue weighted by Gasteiger charge is 2.26. The molecule has 116 valence electrons. The van der Waals surface area contributed by atoms with E-state index in [9.17, 15) is 4.79 Å². The van der Waals surface area contributed by atoms with Crippen LogP contribution in [-0.4, -0.2) is 19.1 Å². The number of carbonyl (C=O) groups excluding carboxylic acids is 1. The lowest BCUT2D eigenvalue weighted by Gasteiger charge is -2.34. The first kappa shape index (κ1) is 16.5. The van der Waals surface area contributed by atoms with Crippen LogP contribution in [0.1, 0.15) is 55.5 Å². The van der Waals surface area contributed by atoms with Gasteiger partial charge in [-0.2, -0.15) is 0 Å². The van der Waals surface area contributed by atoms with Gasteiger partial charge in [-0.3, -0.25) is 0 Å². The van der Waals surface area contributed by atoms with Crippen LogP contribution >= 0.6 is 15.9 Å². The number of hydrogen-bond donors (Lipinski definition) is 1. The molecular weight excluding hydrogens is 330 g/mol. The van der Waals surface area contributed by atoms with Crippen molar-refractivity contribution in [3.05, 3.63) is 33.8 Å². The highest BCUT2D eigenvalue weighted by Crippen LogP contribution is 2.35. The van der Waals surface area contributed by atoms with Gasteiger partial charge < -0.3 is 10.1 Å². The van der Waals surface area contributed by atoms with Crippen molar-refractivity contribution in [1.29, 1.82) is 0 Å². The van der Waals surface area contributed by atoms with Gasteiger partial charge in [-0.25, -0.2) is 4.79 Å². The smallest absolute Gasteiger partial charge is 0.337 e. The zero-order valence-electron chi connectivity index (χ0n) is 13.0. The van der Waals surface area contributed by atoms with E-state index in [4.69, 9.17) is 4.74 Å². The van der Waals surface area contributed by atoms with Gasteiger partial charge in [0.05, 0.1) is 12.7 Å². The molecule has 0 radical (unpaired) electrons. The number of hydrogen-bond acceptors (Lipinski definition) is 3. The van der Waals surface area contributed by atoms with E-state index in [1.807, 2.05) is 18.2 Å². The summed E-state index contributed by atoms with van der Waals surface area (Å²) in [5.74, 6) is -0.301. The molecule has 4 heteroatoms. The minimum Gasteiger partial charge on any atom is -0.465 e. The van der Waals surface area contributed by atoms with Gasteiger partial charge in [0.15, 0.2) is 0 Å². The van der Waals surface area contributed by atoms with Crippen LogP contribution in [-0.2, 0) is 11.3 Å². The van der Waals surface area contributed by atoms with E-state index in [1.54, 1.807) is 0 Å². The SMILES string of the molecule is COC(=O)c1ccc(CNC2CCC(C)(C)CC2)c(Br)c1. The van der Waals surface area contributed by atoms with Gasteiger partial charge in [0.2, 0.25) is 0 Å². The Balaban J connectivity index is 1.90. The van der Waals surface area contributed by atoms with E-state index in [-0.39, 0.29) is 5.97 Å². The number of ether oxygens (including phenoxy) is 1. The second kappa shape index (κ2) is 6.93. The minimum atomic E-state index is -0.301. The summed E-state index contributed by atoms with van der Waals surface area (Å²) in [6.45, 7) is 5.53. The van der Waals surface area contributed by atoms with Crippen molar-refractivity contribution in [3.8, 4) is 0 Å². The number of methoxy groups -OCH3 is 1. The highest BCUT2D eigenvalue weighted by atomic mass is 79.9. The summed E-state index contributed by atoms with van der Waals surface area (Å²) in [5.41, 5.74) is 2.25. The fourth-order valence-electron chi connectivity index (χ4n) is 2.79. The third-order valence-electron chi connectivity index (χ3n) is 4.39. The molecule has 1 N–H and O–H groups in total. The highest BCUT2D eigenvalue weighted by molar-refractivity contribution is 9.10. The average Bonchev–Trinajstić information content (AvgIpc) is 2.46. The summed E-state index contributed by atoms with van der Waals surface area (Å²) in [5, 5.41) is 3.63. The fraction of sp³-hybridized carbons (Fsp3) is 0.588. The first-order chi connectivity index (χ1) is 9.91. The summed E-state index contributed by atoms with van der Waals surface area (Å²) < 4.78 is 5.68. The van der Waals surface area contributed by atoms with Gasteiger partial charge in [0.25, 0.3) is 0 Å². The second-order valence-electron chi connectivity index (χ2n) is 6.62. The third kappa shape index (κ3) is 4.55. The van der Waals surface area contributed by atoms with Crippen molar-refractivity contribution >= 4 is 21.9 Å². The van der Waals surface area contributed by atoms with Crippen LogP contribution in [0.5, 0.6) is 0 Å². The standard InChI is InChI=1S/C17H24BrNO2/c1-17(2)8-6-14(7-9-17)19-11-13-5-4-12(10-15(13)18)16(20)21-3/h4-5,10,14,19H,6-9,11H2,1-3H3. The van der Waals surface area contributed by atoms with E-state index < -0.39 is 0 Å². The van der Waals surface area contributed by atoms with Gasteiger partial charge in [-0.05, 0) is 48.8 Å². The average molecular weight is 354 g/mol. The molecule has 2 rings (SSSR count). The summed E-state index contributed by atoms with van der Waals surface area (Å²) in [6, 6.07) is 6.23. The number of rotatable bonds is 4. The van der Waals surface area contributed by atoms with Crippen LogP contribution in [0.25, 0.3) is 0 Å². The van der Waals surface area contributed by atoms with Gasteiger partial charge in [-0.15, -0.1) is 0 Å². The summed E-state index contributed by atoms with van der Waals surface area (Å²) in [7, 11) is 1.40. The van der Waals surface area contributed by atoms with E-state index >= 15 is 0 Å². The monoisotopic (exact) mass is 353 g/mol. The van der Waals surface area contributed by atoms with E-state index in [1.165, 1.54) is 38.4 Å². The van der Waals surface area contributed by atoms with Crippen LogP contribution in [0.3, 0.4) is 0 Å². The fourth-order valence-corrected chi connectivity index (χ4v) is 3.31. The first-order valence-corrected chi connectivity index (χ1v) is 8.31. The third-order valence-corrected chi connectivity index (χ3v) is 5.13. The molecule has 21 heavy (non-hydrogen) atoms. The Bertz CT molecular complexity index is 504. The first-order valence-electron chi connectivity index (χ1n) is 7.51. The Morgan fingerprint density at radius 3 is 2.62 bits per heavy atom. The number of halogens is 1. The molecule has 1 aliphatic carbocycles. The molecule has 0 spiro atoms. The normalized spacial score (nSPS) is 18.5. The molecule has 0 unspecified atom stereocenters. The Kier molecular flexibility index (Phi) is 5.44. The topological polar surface area (TPSA) is 38.3 Å². The van der Waals surface area contributed by atoms with Crippen molar-refractivity contribution in [2.75, 3.05) is 7.11 Å². The largest absolute Gasteiger partial charge is 0.465 e. The Morgan fingerprint density at radius 1 is 1.38 bits per heavy atom. The van der Waals surface area contributed by atoms with Crippen LogP contribution in [0, 0.1) is 5.41 Å². The van der Waals surface area contributed by atoms with Crippen LogP contribution in [0.15, 0.2) is 22.7 Å². The predicted molar refractivity (Wildman–Crippen MR) is 88.4 cm³/mol. The lowest BCUT2D eigenvalue weighted by Crippen LogP contribution is -2.35. The van der Waals surface area contributed by atoms with E-state index in [2.05, 4.69) is 35.1 Å². The minimum absolute atomic E-state index is 0.301. The maximum atomic E-state index is 11.5. The molecule has 1 saturated carbocycles. The van der Waals surface area contributed by atoms with Gasteiger partial charge in [-0.1, -0.05) is 35.8 Å². The van der Waals surface area contributed by atoms with E-state index in [0.717, 1.165) is 11.0 Å². The van der Waals surface area contributed by atoms with Gasteiger partial charge in [0.1, 0.15) is 0 Å². The Hall–Kier alpha value is -0.870. The summed E-state index contributed by atoms with van der Waals surface area (Å²) >= 11 is 3.54. The molecule has 0 aromatic heterocycles. The number of carbonyl (C=O) groups is 1. The number of esters is 1. The van der Waals surface area contributed by atoms with Crippen LogP contribution < -0.4 is 5.32 Å². The van der Waals surface area contributed by atoms with E-state index in [0.29, 0.717) is 17.0 Å². The molecular formula is C17H24BrNO2. The quantitative estimate of drug-likeness (QED) is 0.820. The lowest BCUT2D eigenvalue weighted by atomic mass is 9.75. The van der Waals surface area contributed by atoms with Crippen molar-refractivity contribution < 1.29 is 9.53 Å². The van der Waals surface area contributed by atoms with Crippen molar-refractivity contribution in [3.63, 3.8) is 0 Å². The molecule has 1 aliphatic rings. The zero-order chi connectivity index (χ0) is 15.5. The van der Waals surface area contributed by atoms with Crippen molar-refractivity contribution in [1.82, 2.24) is 5.32 Å². The second-order valence-corrected chi connectivity index (χ2v) is 7.47. The molecule has 1 aromatic rings. The number of nitrogens with one attached hydrogen (secondary N) is 1. The van der Waals surface area contributed by atoms with Crippen molar-refractivity contribution in [2.24, 2.45) is 5.41 Å². The molecule has 3 nitrogen and oxygen atoms in total. The Morgan fingerprint density at radius 2 is 2.05 bits per heavy atom. The molecule has 0 atom stereocenters. The zero-order valence-corrected chi connectivity index (χ0v) is 14.6. The molecule has 0 bridgehead atoms. The molecule has 0 aliphatic heterocycles. The van der Waals surface area contributed by atoms with Crippen molar-refractivity contribution in [2.45, 2.75) is 52.1 Å². The molecule has 0 heterocycles. The maximum absolute atomic E-state index is 11.5. The van der Waals surface area contributed by atoms with Crippen LogP contribution in [0.4, 0.5) is 0 Å². The molecule has 1 aromatic carbocycles.